The van der Waals surface area contributed by atoms with Gasteiger partial charge < -0.3 is 5.32 Å². The van der Waals surface area contributed by atoms with E-state index in [4.69, 9.17) is 0 Å². The van der Waals surface area contributed by atoms with Gasteiger partial charge in [0.25, 0.3) is 0 Å². The summed E-state index contributed by atoms with van der Waals surface area (Å²) < 4.78 is 3.16. The number of carbonyl (C=O) groups excluding carboxylic acids is 1. The summed E-state index contributed by atoms with van der Waals surface area (Å²) in [7, 11) is 0. The average Bonchev–Trinajstić information content (AvgIpc) is 3.14. The van der Waals surface area contributed by atoms with Crippen LogP contribution in [0.15, 0.2) is 11.2 Å². The van der Waals surface area contributed by atoms with E-state index in [1.54, 1.807) is 23.5 Å². The first-order chi connectivity index (χ1) is 10.9. The first-order valence-corrected chi connectivity index (χ1v) is 10.1. The molecule has 1 N–H and O–H groups in total. The standard InChI is InChI=1S/C16H24N4OS2/c1-16(2,3)20-13-6-4-5-12(11(13)9-18-20)19-14(21)10-23-15-17-7-8-22-15/h9,12H,4-8,10H2,1-3H3,(H,19,21)/t12-/m1/s1. The molecule has 126 valence electrons. The van der Waals surface area contributed by atoms with Crippen molar-refractivity contribution in [2.75, 3.05) is 18.1 Å². The molecule has 1 amide bonds. The molecule has 1 aromatic rings. The first-order valence-electron chi connectivity index (χ1n) is 8.12. The number of nitrogens with one attached hydrogen (secondary N) is 1. The van der Waals surface area contributed by atoms with Crippen LogP contribution in [0.4, 0.5) is 0 Å². The van der Waals surface area contributed by atoms with Gasteiger partial charge in [0.05, 0.1) is 30.1 Å². The van der Waals surface area contributed by atoms with Crippen molar-refractivity contribution in [3.63, 3.8) is 0 Å². The number of thioether (sulfide) groups is 2. The van der Waals surface area contributed by atoms with Crippen molar-refractivity contribution in [3.8, 4) is 0 Å². The van der Waals surface area contributed by atoms with Crippen molar-refractivity contribution >= 4 is 33.8 Å². The van der Waals surface area contributed by atoms with Crippen LogP contribution in [0, 0.1) is 0 Å². The molecule has 2 heterocycles. The molecular formula is C16H24N4OS2. The summed E-state index contributed by atoms with van der Waals surface area (Å²) >= 11 is 3.30. The van der Waals surface area contributed by atoms with Crippen molar-refractivity contribution in [2.45, 2.75) is 51.6 Å². The largest absolute Gasteiger partial charge is 0.348 e. The van der Waals surface area contributed by atoms with Gasteiger partial charge in [-0.05, 0) is 40.0 Å². The van der Waals surface area contributed by atoms with Crippen LogP contribution in [-0.4, -0.2) is 38.1 Å². The summed E-state index contributed by atoms with van der Waals surface area (Å²) in [6.45, 7) is 7.38. The summed E-state index contributed by atoms with van der Waals surface area (Å²) in [5.41, 5.74) is 2.45. The molecule has 23 heavy (non-hydrogen) atoms. The van der Waals surface area contributed by atoms with E-state index in [0.717, 1.165) is 35.9 Å². The van der Waals surface area contributed by atoms with E-state index in [-0.39, 0.29) is 17.5 Å². The zero-order valence-corrected chi connectivity index (χ0v) is 15.6. The molecule has 0 radical (unpaired) electrons. The Bertz CT molecular complexity index is 618. The molecule has 0 aromatic carbocycles. The van der Waals surface area contributed by atoms with Gasteiger partial charge in [-0.15, -0.1) is 0 Å². The van der Waals surface area contributed by atoms with E-state index in [1.807, 2.05) is 6.20 Å². The smallest absolute Gasteiger partial charge is 0.230 e. The number of amides is 1. The summed E-state index contributed by atoms with van der Waals surface area (Å²) in [6, 6.07) is 0.0983. The zero-order chi connectivity index (χ0) is 16.4. The molecule has 0 saturated heterocycles. The van der Waals surface area contributed by atoms with Crippen LogP contribution in [0.25, 0.3) is 0 Å². The number of hydrogen-bond acceptors (Lipinski definition) is 5. The van der Waals surface area contributed by atoms with Gasteiger partial charge in [0.2, 0.25) is 5.91 Å². The Morgan fingerprint density at radius 1 is 1.52 bits per heavy atom. The Hall–Kier alpha value is -0.950. The summed E-state index contributed by atoms with van der Waals surface area (Å²) in [6.07, 6.45) is 5.07. The van der Waals surface area contributed by atoms with Gasteiger partial charge in [-0.3, -0.25) is 14.5 Å². The maximum absolute atomic E-state index is 12.3. The highest BCUT2D eigenvalue weighted by Gasteiger charge is 2.29. The quantitative estimate of drug-likeness (QED) is 0.908. The SMILES string of the molecule is CC(C)(C)n1ncc2c1CCC[C@H]2NC(=O)CSC1=NCCS1. The van der Waals surface area contributed by atoms with Crippen molar-refractivity contribution < 1.29 is 4.79 Å². The van der Waals surface area contributed by atoms with Crippen molar-refractivity contribution in [1.29, 1.82) is 0 Å². The molecule has 0 spiro atoms. The number of aliphatic imine (C=N–C) groups is 1. The molecule has 5 nitrogen and oxygen atoms in total. The van der Waals surface area contributed by atoms with Crippen LogP contribution in [0.1, 0.15) is 50.9 Å². The van der Waals surface area contributed by atoms with Crippen LogP contribution in [0.5, 0.6) is 0 Å². The molecule has 3 rings (SSSR count). The van der Waals surface area contributed by atoms with Gasteiger partial charge in [0.1, 0.15) is 4.38 Å². The van der Waals surface area contributed by atoms with Gasteiger partial charge in [-0.1, -0.05) is 23.5 Å². The van der Waals surface area contributed by atoms with Crippen LogP contribution >= 0.6 is 23.5 Å². The minimum atomic E-state index is -0.0207. The maximum atomic E-state index is 12.3. The summed E-state index contributed by atoms with van der Waals surface area (Å²) in [5, 5.41) is 7.76. The minimum absolute atomic E-state index is 0.0207. The average molecular weight is 353 g/mol. The molecule has 0 saturated carbocycles. The Balaban J connectivity index is 1.64. The van der Waals surface area contributed by atoms with Crippen molar-refractivity contribution in [1.82, 2.24) is 15.1 Å². The molecule has 0 bridgehead atoms. The van der Waals surface area contributed by atoms with Crippen LogP contribution < -0.4 is 5.32 Å². The van der Waals surface area contributed by atoms with Gasteiger partial charge in [-0.2, -0.15) is 5.10 Å². The van der Waals surface area contributed by atoms with E-state index < -0.39 is 0 Å². The first kappa shape index (κ1) is 16.9. The van der Waals surface area contributed by atoms with Gasteiger partial charge in [0.15, 0.2) is 0 Å². The third-order valence-electron chi connectivity index (χ3n) is 4.04. The van der Waals surface area contributed by atoms with Gasteiger partial charge >= 0.3 is 0 Å². The summed E-state index contributed by atoms with van der Waals surface area (Å²) in [5.74, 6) is 1.58. The molecule has 1 atom stereocenters. The molecule has 0 unspecified atom stereocenters. The lowest BCUT2D eigenvalue weighted by Crippen LogP contribution is -2.33. The third-order valence-corrected chi connectivity index (χ3v) is 6.29. The molecule has 1 aliphatic heterocycles. The second-order valence-electron chi connectivity index (χ2n) is 6.93. The Morgan fingerprint density at radius 3 is 3.04 bits per heavy atom. The zero-order valence-electron chi connectivity index (χ0n) is 14.0. The summed E-state index contributed by atoms with van der Waals surface area (Å²) in [4.78, 5) is 16.6. The van der Waals surface area contributed by atoms with E-state index in [2.05, 4.69) is 40.9 Å². The fourth-order valence-corrected chi connectivity index (χ4v) is 4.87. The molecule has 1 aromatic heterocycles. The fraction of sp³-hybridized carbons (Fsp3) is 0.688. The van der Waals surface area contributed by atoms with E-state index in [9.17, 15) is 4.79 Å². The maximum Gasteiger partial charge on any atom is 0.230 e. The lowest BCUT2D eigenvalue weighted by atomic mass is 9.92. The Labute approximate surface area is 146 Å². The molecule has 0 fully saturated rings. The number of rotatable bonds is 3. The predicted octanol–water partition coefficient (Wildman–Crippen LogP) is 2.97. The lowest BCUT2D eigenvalue weighted by molar-refractivity contribution is -0.119. The van der Waals surface area contributed by atoms with Crippen LogP contribution in [0.2, 0.25) is 0 Å². The van der Waals surface area contributed by atoms with Crippen molar-refractivity contribution in [3.05, 3.63) is 17.5 Å². The van der Waals surface area contributed by atoms with E-state index in [1.165, 1.54) is 11.3 Å². The van der Waals surface area contributed by atoms with Crippen molar-refractivity contribution in [2.24, 2.45) is 4.99 Å². The molecule has 7 heteroatoms. The molecule has 2 aliphatic rings. The molecular weight excluding hydrogens is 328 g/mol. The molecule has 1 aliphatic carbocycles. The topological polar surface area (TPSA) is 59.3 Å². The minimum Gasteiger partial charge on any atom is -0.348 e. The van der Waals surface area contributed by atoms with E-state index in [0.29, 0.717) is 5.75 Å². The Morgan fingerprint density at radius 2 is 2.35 bits per heavy atom. The third kappa shape index (κ3) is 3.94. The number of fused-ring (bicyclic) bond motifs is 1. The highest BCUT2D eigenvalue weighted by molar-refractivity contribution is 8.39. The second-order valence-corrected chi connectivity index (χ2v) is 9.23. The van der Waals surface area contributed by atoms with E-state index >= 15 is 0 Å². The monoisotopic (exact) mass is 352 g/mol. The number of aromatic nitrogens is 2. The second kappa shape index (κ2) is 6.89. The van der Waals surface area contributed by atoms with Gasteiger partial charge in [-0.25, -0.2) is 0 Å². The predicted molar refractivity (Wildman–Crippen MR) is 98.3 cm³/mol. The van der Waals surface area contributed by atoms with Crippen LogP contribution in [-0.2, 0) is 16.8 Å². The van der Waals surface area contributed by atoms with Crippen LogP contribution in [0.3, 0.4) is 0 Å². The number of nitrogens with zero attached hydrogens (tertiary/aromatic N) is 3. The Kier molecular flexibility index (Phi) is 5.06. The highest BCUT2D eigenvalue weighted by atomic mass is 32.2. The lowest BCUT2D eigenvalue weighted by Gasteiger charge is -2.28. The van der Waals surface area contributed by atoms with Gasteiger partial charge in [0, 0.05) is 17.0 Å². The fourth-order valence-electron chi connectivity index (χ4n) is 3.05. The highest BCUT2D eigenvalue weighted by Crippen LogP contribution is 2.32. The normalized spacial score (nSPS) is 21.0. The number of hydrogen-bond donors (Lipinski definition) is 1. The number of carbonyl (C=O) groups is 1.